The maximum Gasteiger partial charge on any atom is 0.333 e. The highest BCUT2D eigenvalue weighted by molar-refractivity contribution is 6.42. The van der Waals surface area contributed by atoms with E-state index in [1.807, 2.05) is 54.6 Å². The summed E-state index contributed by atoms with van der Waals surface area (Å²) in [6.45, 7) is 1.10. The molecule has 1 amide bonds. The van der Waals surface area contributed by atoms with E-state index in [1.165, 1.54) is 0 Å². The summed E-state index contributed by atoms with van der Waals surface area (Å²) in [5.74, 6) is 0.550. The van der Waals surface area contributed by atoms with Gasteiger partial charge in [0.15, 0.2) is 0 Å². The second-order valence-corrected chi connectivity index (χ2v) is 8.80. The van der Waals surface area contributed by atoms with Crippen LogP contribution in [0.15, 0.2) is 77.6 Å². The van der Waals surface area contributed by atoms with Crippen LogP contribution >= 0.6 is 23.2 Å². The Balaban J connectivity index is 1.61. The third-order valence-electron chi connectivity index (χ3n) is 6.01. The number of hydrogen-bond acceptors (Lipinski definition) is 3. The van der Waals surface area contributed by atoms with E-state index in [2.05, 4.69) is 0 Å². The zero-order chi connectivity index (χ0) is 23.8. The number of hydrogen-bond donors (Lipinski definition) is 0. The van der Waals surface area contributed by atoms with Crippen molar-refractivity contribution >= 4 is 29.1 Å². The highest BCUT2D eigenvalue weighted by atomic mass is 35.5. The predicted octanol–water partition coefficient (Wildman–Crippen LogP) is 5.28. The van der Waals surface area contributed by atoms with Crippen LogP contribution < -0.4 is 10.4 Å². The van der Waals surface area contributed by atoms with E-state index in [0.717, 1.165) is 22.6 Å². The maximum absolute atomic E-state index is 13.6. The summed E-state index contributed by atoms with van der Waals surface area (Å²) in [4.78, 5) is 28.6. The Hall–Kier alpha value is -3.48. The summed E-state index contributed by atoms with van der Waals surface area (Å²) < 4.78 is 8.74. The number of nitrogens with zero attached hydrogens (tertiary/aromatic N) is 3. The van der Waals surface area contributed by atoms with E-state index in [0.29, 0.717) is 41.0 Å². The van der Waals surface area contributed by atoms with Crippen LogP contribution in [0.1, 0.15) is 16.1 Å². The number of rotatable bonds is 4. The Labute approximate surface area is 206 Å². The van der Waals surface area contributed by atoms with Crippen LogP contribution in [0.3, 0.4) is 0 Å². The zero-order valence-corrected chi connectivity index (χ0v) is 19.9. The maximum atomic E-state index is 13.6. The minimum absolute atomic E-state index is 0.138. The molecule has 1 aliphatic rings. The van der Waals surface area contributed by atoms with Crippen molar-refractivity contribution in [2.75, 3.05) is 13.7 Å². The van der Waals surface area contributed by atoms with Crippen molar-refractivity contribution in [2.24, 2.45) is 0 Å². The van der Waals surface area contributed by atoms with Gasteiger partial charge in [-0.15, -0.1) is 0 Å². The first-order valence-electron chi connectivity index (χ1n) is 10.8. The molecular formula is C26H21Cl2N3O3. The van der Waals surface area contributed by atoms with Gasteiger partial charge in [-0.05, 0) is 42.5 Å². The first kappa shape index (κ1) is 22.3. The Morgan fingerprint density at radius 3 is 2.32 bits per heavy atom. The Kier molecular flexibility index (Phi) is 5.94. The van der Waals surface area contributed by atoms with Crippen molar-refractivity contribution in [1.29, 1.82) is 0 Å². The number of carbonyl (C=O) groups excluding carboxylic acids is 1. The number of methoxy groups -OCH3 is 1. The molecule has 34 heavy (non-hydrogen) atoms. The lowest BCUT2D eigenvalue weighted by molar-refractivity contribution is 0.0710. The van der Waals surface area contributed by atoms with Crippen LogP contribution in [-0.4, -0.2) is 33.6 Å². The predicted molar refractivity (Wildman–Crippen MR) is 133 cm³/mol. The van der Waals surface area contributed by atoms with E-state index >= 15 is 0 Å². The third kappa shape index (κ3) is 3.89. The lowest BCUT2D eigenvalue weighted by Gasteiger charge is -2.28. The molecule has 172 valence electrons. The fraction of sp³-hybridized carbons (Fsp3) is 0.154. The Morgan fingerprint density at radius 1 is 0.912 bits per heavy atom. The van der Waals surface area contributed by atoms with Gasteiger partial charge in [0.05, 0.1) is 40.8 Å². The number of fused-ring (bicyclic) bond motifs is 1. The molecule has 0 N–H and O–H groups in total. The summed E-state index contributed by atoms with van der Waals surface area (Å²) >= 11 is 12.2. The quantitative estimate of drug-likeness (QED) is 0.388. The van der Waals surface area contributed by atoms with E-state index in [1.54, 1.807) is 39.3 Å². The van der Waals surface area contributed by atoms with Gasteiger partial charge in [-0.25, -0.2) is 4.79 Å². The molecule has 0 atom stereocenters. The van der Waals surface area contributed by atoms with Crippen molar-refractivity contribution in [3.8, 4) is 22.7 Å². The van der Waals surface area contributed by atoms with E-state index < -0.39 is 0 Å². The molecule has 3 aromatic carbocycles. The van der Waals surface area contributed by atoms with E-state index in [-0.39, 0.29) is 11.6 Å². The van der Waals surface area contributed by atoms with Gasteiger partial charge in [-0.2, -0.15) is 0 Å². The molecule has 1 aromatic heterocycles. The molecule has 6 nitrogen and oxygen atoms in total. The van der Waals surface area contributed by atoms with Crippen LogP contribution in [-0.2, 0) is 13.1 Å². The van der Waals surface area contributed by atoms with E-state index in [4.69, 9.17) is 27.9 Å². The molecule has 0 fully saturated rings. The number of aromatic nitrogens is 2. The summed E-state index contributed by atoms with van der Waals surface area (Å²) in [5, 5.41) is 0.727. The standard InChI is InChI=1S/C26H21Cl2N3O3/c1-34-20-10-8-19(9-11-20)31-24(17-5-3-2-4-6-17)23-16-29(13-14-30(23)26(31)33)25(32)18-7-12-21(27)22(28)15-18/h2-12,15H,13-14,16H2,1H3. The second-order valence-electron chi connectivity index (χ2n) is 7.98. The summed E-state index contributed by atoms with van der Waals surface area (Å²) in [5.41, 5.74) is 3.50. The molecule has 1 aliphatic heterocycles. The number of amides is 1. The minimum atomic E-state index is -0.159. The number of benzene rings is 3. The lowest BCUT2D eigenvalue weighted by Crippen LogP contribution is -2.40. The molecule has 2 heterocycles. The molecule has 0 spiro atoms. The van der Waals surface area contributed by atoms with Crippen LogP contribution in [0, 0.1) is 0 Å². The molecule has 0 bridgehead atoms. The normalized spacial score (nSPS) is 13.0. The zero-order valence-electron chi connectivity index (χ0n) is 18.4. The van der Waals surface area contributed by atoms with Crippen molar-refractivity contribution in [3.63, 3.8) is 0 Å². The molecule has 0 saturated carbocycles. The molecule has 0 saturated heterocycles. The van der Waals surface area contributed by atoms with Crippen LogP contribution in [0.25, 0.3) is 16.9 Å². The molecule has 4 aromatic rings. The number of carbonyl (C=O) groups is 1. The van der Waals surface area contributed by atoms with Crippen molar-refractivity contribution in [3.05, 3.63) is 105 Å². The summed E-state index contributed by atoms with van der Waals surface area (Å²) in [7, 11) is 1.60. The molecule has 5 rings (SSSR count). The number of halogens is 2. The highest BCUT2D eigenvalue weighted by Gasteiger charge is 2.30. The average molecular weight is 494 g/mol. The van der Waals surface area contributed by atoms with Gasteiger partial charge >= 0.3 is 5.69 Å². The Morgan fingerprint density at radius 2 is 1.65 bits per heavy atom. The second kappa shape index (κ2) is 9.05. The third-order valence-corrected chi connectivity index (χ3v) is 6.75. The van der Waals surface area contributed by atoms with Gasteiger partial charge in [-0.3, -0.25) is 13.9 Å². The van der Waals surface area contributed by atoms with Crippen molar-refractivity contribution < 1.29 is 9.53 Å². The topological polar surface area (TPSA) is 56.5 Å². The van der Waals surface area contributed by atoms with Gasteiger partial charge in [-0.1, -0.05) is 53.5 Å². The van der Waals surface area contributed by atoms with Gasteiger partial charge in [0.25, 0.3) is 5.91 Å². The fourth-order valence-corrected chi connectivity index (χ4v) is 4.61. The SMILES string of the molecule is COc1ccc(-n2c(-c3ccccc3)c3n(c2=O)CCN(C(=O)c2ccc(Cl)c(Cl)c2)C3)cc1. The van der Waals surface area contributed by atoms with Crippen LogP contribution in [0.2, 0.25) is 10.0 Å². The first-order valence-corrected chi connectivity index (χ1v) is 11.5. The van der Waals surface area contributed by atoms with Gasteiger partial charge in [0.1, 0.15) is 5.75 Å². The largest absolute Gasteiger partial charge is 0.497 e. The van der Waals surface area contributed by atoms with Gasteiger partial charge < -0.3 is 9.64 Å². The molecule has 0 aliphatic carbocycles. The molecular weight excluding hydrogens is 473 g/mol. The van der Waals surface area contributed by atoms with Gasteiger partial charge in [0.2, 0.25) is 0 Å². The highest BCUT2D eigenvalue weighted by Crippen LogP contribution is 2.30. The monoisotopic (exact) mass is 493 g/mol. The minimum Gasteiger partial charge on any atom is -0.497 e. The smallest absolute Gasteiger partial charge is 0.333 e. The van der Waals surface area contributed by atoms with Crippen LogP contribution in [0.4, 0.5) is 0 Å². The lowest BCUT2D eigenvalue weighted by atomic mass is 10.1. The van der Waals surface area contributed by atoms with Crippen LogP contribution in [0.5, 0.6) is 5.75 Å². The summed E-state index contributed by atoms with van der Waals surface area (Å²) in [6.07, 6.45) is 0. The molecule has 0 radical (unpaired) electrons. The number of imidazole rings is 1. The molecule has 8 heteroatoms. The van der Waals surface area contributed by atoms with Crippen molar-refractivity contribution in [2.45, 2.75) is 13.1 Å². The number of ether oxygens (including phenoxy) is 1. The molecule has 0 unspecified atom stereocenters. The summed E-state index contributed by atoms with van der Waals surface area (Å²) in [6, 6.07) is 22.0. The first-order chi connectivity index (χ1) is 16.5. The van der Waals surface area contributed by atoms with Crippen molar-refractivity contribution in [1.82, 2.24) is 14.0 Å². The van der Waals surface area contributed by atoms with Gasteiger partial charge in [0, 0.05) is 24.2 Å². The Bertz CT molecular complexity index is 1430. The van der Waals surface area contributed by atoms with E-state index in [9.17, 15) is 9.59 Å². The fourth-order valence-electron chi connectivity index (χ4n) is 4.31. The average Bonchev–Trinajstić information content (AvgIpc) is 3.17.